The molecule has 0 bridgehead atoms. The molecule has 2 aliphatic rings. The molecule has 0 atom stereocenters. The summed E-state index contributed by atoms with van der Waals surface area (Å²) in [5.74, 6) is 0. The molecular formula is C32H34N2. The molecule has 1 heterocycles. The van der Waals surface area contributed by atoms with Crippen LogP contribution < -0.4 is 9.80 Å². The van der Waals surface area contributed by atoms with Crippen LogP contribution in [-0.4, -0.2) is 6.67 Å². The van der Waals surface area contributed by atoms with Gasteiger partial charge >= 0.3 is 0 Å². The van der Waals surface area contributed by atoms with E-state index < -0.39 is 0 Å². The normalized spacial score (nSPS) is 16.6. The van der Waals surface area contributed by atoms with Crippen molar-refractivity contribution < 1.29 is 0 Å². The van der Waals surface area contributed by atoms with E-state index in [0.29, 0.717) is 0 Å². The molecule has 3 aromatic carbocycles. The number of allylic oxidation sites excluding steroid dienone is 3. The van der Waals surface area contributed by atoms with Gasteiger partial charge in [0.15, 0.2) is 0 Å². The fourth-order valence-electron chi connectivity index (χ4n) is 5.90. The first-order valence-corrected chi connectivity index (χ1v) is 12.2. The van der Waals surface area contributed by atoms with Crippen molar-refractivity contribution in [3.63, 3.8) is 0 Å². The maximum Gasteiger partial charge on any atom is 0.100 e. The van der Waals surface area contributed by atoms with Gasteiger partial charge in [0.05, 0.1) is 11.4 Å². The van der Waals surface area contributed by atoms with E-state index >= 15 is 0 Å². The molecule has 0 fully saturated rings. The predicted molar refractivity (Wildman–Crippen MR) is 146 cm³/mol. The fraction of sp³-hybridized carbons (Fsp3) is 0.250. The van der Waals surface area contributed by atoms with Crippen molar-refractivity contribution >= 4 is 17.5 Å². The molecule has 2 heteroatoms. The third kappa shape index (κ3) is 3.88. The summed E-state index contributed by atoms with van der Waals surface area (Å²) in [5, 5.41) is 0. The molecule has 0 saturated heterocycles. The fourth-order valence-corrected chi connectivity index (χ4v) is 5.90. The zero-order valence-electron chi connectivity index (χ0n) is 21.2. The number of hydrogen-bond donors (Lipinski definition) is 0. The molecule has 0 spiro atoms. The van der Waals surface area contributed by atoms with Crippen LogP contribution in [0.4, 0.5) is 11.4 Å². The monoisotopic (exact) mass is 446 g/mol. The molecule has 2 nitrogen and oxygen atoms in total. The van der Waals surface area contributed by atoms with Crippen LogP contribution in [0.3, 0.4) is 0 Å². The highest BCUT2D eigenvalue weighted by Gasteiger charge is 2.35. The molecule has 0 N–H and O–H groups in total. The van der Waals surface area contributed by atoms with Crippen molar-refractivity contribution in [2.75, 3.05) is 16.5 Å². The Hall–Kier alpha value is -3.52. The molecule has 1 aliphatic heterocycles. The molecule has 0 radical (unpaired) electrons. The van der Waals surface area contributed by atoms with Crippen molar-refractivity contribution in [2.45, 2.75) is 48.0 Å². The summed E-state index contributed by atoms with van der Waals surface area (Å²) in [6.45, 7) is 14.2. The van der Waals surface area contributed by atoms with E-state index in [-0.39, 0.29) is 0 Å². The van der Waals surface area contributed by atoms with Gasteiger partial charge in [0.25, 0.3) is 0 Å². The molecule has 0 aromatic heterocycles. The Morgan fingerprint density at radius 1 is 0.676 bits per heavy atom. The molecule has 34 heavy (non-hydrogen) atoms. The number of rotatable bonds is 3. The first-order valence-electron chi connectivity index (χ1n) is 12.2. The summed E-state index contributed by atoms with van der Waals surface area (Å²) in [6.07, 6.45) is 7.95. The standard InChI is InChI=1S/C32H34N2/c1-21-15-23(3)30(24(4)16-21)33-20-34(31-25(5)17-22(2)18-26(31)6)32-28(13-10-14-29(32)33)19-27-11-8-7-9-12-27/h7-12,14-19H,13,20H2,1-6H3. The lowest BCUT2D eigenvalue weighted by atomic mass is 9.96. The van der Waals surface area contributed by atoms with E-state index in [1.807, 2.05) is 0 Å². The van der Waals surface area contributed by atoms with Crippen LogP contribution in [0.25, 0.3) is 6.08 Å². The molecule has 3 aromatic rings. The van der Waals surface area contributed by atoms with Crippen LogP contribution in [0, 0.1) is 41.5 Å². The largest absolute Gasteiger partial charge is 0.320 e. The van der Waals surface area contributed by atoms with Gasteiger partial charge in [-0.3, -0.25) is 0 Å². The molecule has 0 saturated carbocycles. The molecule has 5 rings (SSSR count). The summed E-state index contributed by atoms with van der Waals surface area (Å²) in [6, 6.07) is 19.9. The highest BCUT2D eigenvalue weighted by molar-refractivity contribution is 5.79. The smallest absolute Gasteiger partial charge is 0.100 e. The molecular weight excluding hydrogens is 412 g/mol. The summed E-state index contributed by atoms with van der Waals surface area (Å²) in [5.41, 5.74) is 15.9. The minimum atomic E-state index is 0.816. The van der Waals surface area contributed by atoms with Gasteiger partial charge in [-0.1, -0.05) is 71.8 Å². The van der Waals surface area contributed by atoms with Crippen molar-refractivity contribution in [2.24, 2.45) is 0 Å². The lowest BCUT2D eigenvalue weighted by Crippen LogP contribution is -2.29. The van der Waals surface area contributed by atoms with Crippen molar-refractivity contribution in [1.29, 1.82) is 0 Å². The molecule has 1 aliphatic carbocycles. The Balaban J connectivity index is 1.73. The van der Waals surface area contributed by atoms with Crippen molar-refractivity contribution in [1.82, 2.24) is 0 Å². The lowest BCUT2D eigenvalue weighted by Gasteiger charge is -2.29. The highest BCUT2D eigenvalue weighted by Crippen LogP contribution is 2.44. The van der Waals surface area contributed by atoms with Gasteiger partial charge in [0, 0.05) is 11.4 Å². The van der Waals surface area contributed by atoms with E-state index in [1.54, 1.807) is 0 Å². The summed E-state index contributed by atoms with van der Waals surface area (Å²) < 4.78 is 0. The maximum atomic E-state index is 2.55. The van der Waals surface area contributed by atoms with E-state index in [0.717, 1.165) is 13.1 Å². The van der Waals surface area contributed by atoms with Crippen LogP contribution >= 0.6 is 0 Å². The van der Waals surface area contributed by atoms with Gasteiger partial charge < -0.3 is 9.80 Å². The highest BCUT2D eigenvalue weighted by atomic mass is 15.4. The minimum absolute atomic E-state index is 0.816. The summed E-state index contributed by atoms with van der Waals surface area (Å²) in [4.78, 5) is 5.07. The first-order chi connectivity index (χ1) is 16.3. The van der Waals surface area contributed by atoms with Gasteiger partial charge in [0.1, 0.15) is 6.67 Å². The number of benzene rings is 3. The Morgan fingerprint density at radius 3 is 1.76 bits per heavy atom. The van der Waals surface area contributed by atoms with Crippen LogP contribution in [0.2, 0.25) is 0 Å². The second kappa shape index (κ2) is 8.68. The Bertz CT molecular complexity index is 1310. The number of aryl methyl sites for hydroxylation is 6. The SMILES string of the molecule is Cc1cc(C)c(N2CN(c3c(C)cc(C)cc3C)C3=C2C=CCC3=Cc2ccccc2)c(C)c1. The predicted octanol–water partition coefficient (Wildman–Crippen LogP) is 8.08. The first kappa shape index (κ1) is 22.3. The summed E-state index contributed by atoms with van der Waals surface area (Å²) >= 11 is 0. The summed E-state index contributed by atoms with van der Waals surface area (Å²) in [7, 11) is 0. The average Bonchev–Trinajstić information content (AvgIpc) is 3.13. The average molecular weight is 447 g/mol. The zero-order chi connectivity index (χ0) is 24.0. The zero-order valence-corrected chi connectivity index (χ0v) is 21.2. The Labute approximate surface area is 204 Å². The molecule has 0 unspecified atom stereocenters. The van der Waals surface area contributed by atoms with Crippen LogP contribution in [0.15, 0.2) is 83.7 Å². The second-order valence-electron chi connectivity index (χ2n) is 9.91. The van der Waals surface area contributed by atoms with Crippen LogP contribution in [0.5, 0.6) is 0 Å². The van der Waals surface area contributed by atoms with Gasteiger partial charge in [-0.25, -0.2) is 0 Å². The quantitative estimate of drug-likeness (QED) is 0.401. The van der Waals surface area contributed by atoms with E-state index in [2.05, 4.69) is 124 Å². The van der Waals surface area contributed by atoms with Gasteiger partial charge in [-0.05, 0) is 93.5 Å². The third-order valence-corrected chi connectivity index (χ3v) is 6.95. The maximum absolute atomic E-state index is 2.55. The third-order valence-electron chi connectivity index (χ3n) is 6.95. The van der Waals surface area contributed by atoms with E-state index in [9.17, 15) is 0 Å². The van der Waals surface area contributed by atoms with Crippen LogP contribution in [0.1, 0.15) is 45.4 Å². The molecule has 172 valence electrons. The number of hydrogen-bond acceptors (Lipinski definition) is 2. The Kier molecular flexibility index (Phi) is 5.69. The van der Waals surface area contributed by atoms with Gasteiger partial charge in [-0.15, -0.1) is 0 Å². The van der Waals surface area contributed by atoms with Crippen LogP contribution in [-0.2, 0) is 0 Å². The van der Waals surface area contributed by atoms with E-state index in [4.69, 9.17) is 0 Å². The second-order valence-corrected chi connectivity index (χ2v) is 9.91. The number of anilines is 2. The number of nitrogens with zero attached hydrogens (tertiary/aromatic N) is 2. The van der Waals surface area contributed by atoms with Crippen molar-refractivity contribution in [3.05, 3.63) is 123 Å². The van der Waals surface area contributed by atoms with Crippen molar-refractivity contribution in [3.8, 4) is 0 Å². The minimum Gasteiger partial charge on any atom is -0.320 e. The lowest BCUT2D eigenvalue weighted by molar-refractivity contribution is 0.928. The van der Waals surface area contributed by atoms with Gasteiger partial charge in [0.2, 0.25) is 0 Å². The molecule has 0 amide bonds. The Morgan fingerprint density at radius 2 is 1.21 bits per heavy atom. The van der Waals surface area contributed by atoms with E-state index in [1.165, 1.54) is 67.3 Å². The topological polar surface area (TPSA) is 6.48 Å². The van der Waals surface area contributed by atoms with Gasteiger partial charge in [-0.2, -0.15) is 0 Å².